The van der Waals surface area contributed by atoms with Crippen LogP contribution in [0, 0.1) is 0 Å². The van der Waals surface area contributed by atoms with E-state index in [4.69, 9.17) is 23.7 Å². The Balaban J connectivity index is 1.21. The van der Waals surface area contributed by atoms with E-state index in [1.807, 2.05) is 31.2 Å². The molecule has 0 unspecified atom stereocenters. The van der Waals surface area contributed by atoms with Crippen molar-refractivity contribution in [3.63, 3.8) is 0 Å². The van der Waals surface area contributed by atoms with Crippen molar-refractivity contribution in [1.29, 1.82) is 0 Å². The lowest BCUT2D eigenvalue weighted by atomic mass is 10.0. The summed E-state index contributed by atoms with van der Waals surface area (Å²) in [6, 6.07) is 26.0. The number of hydrogen-bond donors (Lipinski definition) is 0. The van der Waals surface area contributed by atoms with Gasteiger partial charge in [0, 0.05) is 12.5 Å². The third-order valence-corrected chi connectivity index (χ3v) is 7.70. The van der Waals surface area contributed by atoms with Crippen LogP contribution in [0.3, 0.4) is 0 Å². The molecule has 0 spiro atoms. The smallest absolute Gasteiger partial charge is 0.343 e. The summed E-state index contributed by atoms with van der Waals surface area (Å²) in [5.74, 6) is -0.137. The van der Waals surface area contributed by atoms with Gasteiger partial charge >= 0.3 is 23.9 Å². The first-order chi connectivity index (χ1) is 24.3. The minimum Gasteiger partial charge on any atom is -0.494 e. The summed E-state index contributed by atoms with van der Waals surface area (Å²) in [5.41, 5.74) is 1.37. The third kappa shape index (κ3) is 9.23. The quantitative estimate of drug-likeness (QED) is 0.0354. The molecule has 5 aromatic carbocycles. The van der Waals surface area contributed by atoms with Crippen LogP contribution in [0.25, 0.3) is 21.5 Å². The van der Waals surface area contributed by atoms with E-state index in [-0.39, 0.29) is 5.97 Å². The molecule has 9 nitrogen and oxygen atoms in total. The maximum absolute atomic E-state index is 13.2. The highest BCUT2D eigenvalue weighted by Crippen LogP contribution is 2.28. The van der Waals surface area contributed by atoms with Crippen LogP contribution >= 0.6 is 0 Å². The van der Waals surface area contributed by atoms with E-state index in [0.29, 0.717) is 72.0 Å². The Morgan fingerprint density at radius 3 is 1.90 bits per heavy atom. The summed E-state index contributed by atoms with van der Waals surface area (Å²) >= 11 is 0. The lowest BCUT2D eigenvalue weighted by Gasteiger charge is -2.12. The number of rotatable bonds is 15. The number of carbonyl (C=O) groups is 4. The van der Waals surface area contributed by atoms with E-state index in [1.165, 1.54) is 0 Å². The predicted octanol–water partition coefficient (Wildman–Crippen LogP) is 8.71. The van der Waals surface area contributed by atoms with Gasteiger partial charge in [0.1, 0.15) is 23.0 Å². The highest BCUT2D eigenvalue weighted by molar-refractivity contribution is 5.97. The normalized spacial score (nSPS) is 10.7. The standard InChI is InChI=1S/C41H36O9/c1-4-9-31-23-33(16-20-37(31)50-41(45)32-12-11-28-25-35(48-38(42)5-2)18-14-27(28)22-32)40(44)49-36-19-15-29-24-34(17-13-30(29)26-36)47-21-8-7-10-39(43)46-6-3/h5-6,11-20,22-26H,2-4,7-10,21H2,1H3. The van der Waals surface area contributed by atoms with Gasteiger partial charge in [0.05, 0.1) is 24.0 Å². The summed E-state index contributed by atoms with van der Waals surface area (Å²) in [7, 11) is 0. The summed E-state index contributed by atoms with van der Waals surface area (Å²) in [4.78, 5) is 49.3. The van der Waals surface area contributed by atoms with E-state index >= 15 is 0 Å². The Labute approximate surface area is 289 Å². The van der Waals surface area contributed by atoms with Gasteiger partial charge in [-0.1, -0.05) is 50.8 Å². The van der Waals surface area contributed by atoms with Gasteiger partial charge in [-0.3, -0.25) is 4.79 Å². The maximum atomic E-state index is 13.2. The molecule has 0 saturated carbocycles. The molecule has 0 amide bonds. The minimum absolute atomic E-state index is 0.306. The molecule has 254 valence electrons. The predicted molar refractivity (Wildman–Crippen MR) is 190 cm³/mol. The lowest BCUT2D eigenvalue weighted by molar-refractivity contribution is -0.138. The van der Waals surface area contributed by atoms with E-state index in [2.05, 4.69) is 13.2 Å². The topological polar surface area (TPSA) is 114 Å². The fraction of sp³-hybridized carbons (Fsp3) is 0.171. The molecule has 0 aliphatic heterocycles. The van der Waals surface area contributed by atoms with Crippen LogP contribution in [0.1, 0.15) is 58.9 Å². The van der Waals surface area contributed by atoms with Crippen LogP contribution in [0.5, 0.6) is 23.0 Å². The first-order valence-electron chi connectivity index (χ1n) is 16.2. The molecule has 0 bridgehead atoms. The minimum atomic E-state index is -0.558. The molecule has 0 N–H and O–H groups in total. The molecule has 5 aromatic rings. The second kappa shape index (κ2) is 16.7. The first kappa shape index (κ1) is 35.1. The van der Waals surface area contributed by atoms with Crippen molar-refractivity contribution in [3.05, 3.63) is 133 Å². The molecular formula is C41H36O9. The fourth-order valence-electron chi connectivity index (χ4n) is 5.24. The number of carbonyl (C=O) groups excluding carboxylic acids is 4. The Kier molecular flexibility index (Phi) is 11.8. The SMILES string of the molecule is C=COC(=O)CCCCOc1ccc2cc(OC(=O)c3ccc(OC(=O)c4ccc5cc(OC(=O)C=C)ccc5c4)c(CCC)c3)ccc2c1. The van der Waals surface area contributed by atoms with Crippen molar-refractivity contribution in [2.24, 2.45) is 0 Å². The molecule has 0 atom stereocenters. The average molecular weight is 673 g/mol. The van der Waals surface area contributed by atoms with Crippen LogP contribution in [0.15, 0.2) is 116 Å². The van der Waals surface area contributed by atoms with E-state index in [1.54, 1.807) is 66.7 Å². The van der Waals surface area contributed by atoms with Gasteiger partial charge in [0.15, 0.2) is 0 Å². The zero-order valence-electron chi connectivity index (χ0n) is 27.6. The average Bonchev–Trinajstić information content (AvgIpc) is 3.12. The number of benzene rings is 5. The van der Waals surface area contributed by atoms with Gasteiger partial charge in [-0.15, -0.1) is 0 Å². The molecule has 5 rings (SSSR count). The number of aryl methyl sites for hydroxylation is 1. The number of fused-ring (bicyclic) bond motifs is 2. The van der Waals surface area contributed by atoms with Crippen LogP contribution in [0.2, 0.25) is 0 Å². The number of ether oxygens (including phenoxy) is 5. The van der Waals surface area contributed by atoms with Crippen LogP contribution in [0.4, 0.5) is 0 Å². The molecule has 0 aliphatic rings. The second-order valence-electron chi connectivity index (χ2n) is 11.3. The van der Waals surface area contributed by atoms with Crippen molar-refractivity contribution >= 4 is 45.4 Å². The van der Waals surface area contributed by atoms with Crippen LogP contribution in [-0.4, -0.2) is 30.5 Å². The second-order valence-corrected chi connectivity index (χ2v) is 11.3. The highest BCUT2D eigenvalue weighted by Gasteiger charge is 2.17. The molecule has 0 fully saturated rings. The van der Waals surface area contributed by atoms with Crippen molar-refractivity contribution in [2.75, 3.05) is 6.61 Å². The maximum Gasteiger partial charge on any atom is 0.343 e. The van der Waals surface area contributed by atoms with Gasteiger partial charge < -0.3 is 23.7 Å². The van der Waals surface area contributed by atoms with Crippen molar-refractivity contribution in [3.8, 4) is 23.0 Å². The first-order valence-corrected chi connectivity index (χ1v) is 16.2. The highest BCUT2D eigenvalue weighted by atomic mass is 16.5. The Morgan fingerprint density at radius 2 is 1.22 bits per heavy atom. The monoisotopic (exact) mass is 672 g/mol. The third-order valence-electron chi connectivity index (χ3n) is 7.70. The van der Waals surface area contributed by atoms with Crippen LogP contribution in [-0.2, 0) is 20.7 Å². The van der Waals surface area contributed by atoms with Gasteiger partial charge in [0.25, 0.3) is 0 Å². The van der Waals surface area contributed by atoms with Crippen LogP contribution < -0.4 is 18.9 Å². The largest absolute Gasteiger partial charge is 0.494 e. The zero-order chi connectivity index (χ0) is 35.5. The summed E-state index contributed by atoms with van der Waals surface area (Å²) in [6.07, 6.45) is 5.21. The van der Waals surface area contributed by atoms with E-state index < -0.39 is 17.9 Å². The molecule has 0 aliphatic carbocycles. The summed E-state index contributed by atoms with van der Waals surface area (Å²) in [5, 5.41) is 3.33. The van der Waals surface area contributed by atoms with Crippen molar-refractivity contribution in [2.45, 2.75) is 39.0 Å². The molecule has 0 radical (unpaired) electrons. The lowest BCUT2D eigenvalue weighted by Crippen LogP contribution is -2.12. The van der Waals surface area contributed by atoms with Gasteiger partial charge in [-0.2, -0.15) is 0 Å². The molecule has 0 heterocycles. The van der Waals surface area contributed by atoms with Gasteiger partial charge in [-0.25, -0.2) is 14.4 Å². The number of unbranched alkanes of at least 4 members (excludes halogenated alkanes) is 1. The fourth-order valence-corrected chi connectivity index (χ4v) is 5.24. The van der Waals surface area contributed by atoms with Crippen molar-refractivity contribution in [1.82, 2.24) is 0 Å². The van der Waals surface area contributed by atoms with E-state index in [9.17, 15) is 19.2 Å². The number of esters is 4. The summed E-state index contributed by atoms with van der Waals surface area (Å²) < 4.78 is 27.2. The molecule has 50 heavy (non-hydrogen) atoms. The summed E-state index contributed by atoms with van der Waals surface area (Å²) in [6.45, 7) is 9.22. The van der Waals surface area contributed by atoms with Crippen molar-refractivity contribution < 1.29 is 42.9 Å². The zero-order valence-corrected chi connectivity index (χ0v) is 27.6. The molecular weight excluding hydrogens is 636 g/mol. The molecule has 9 heteroatoms. The Morgan fingerprint density at radius 1 is 0.640 bits per heavy atom. The van der Waals surface area contributed by atoms with Gasteiger partial charge in [0.2, 0.25) is 0 Å². The van der Waals surface area contributed by atoms with E-state index in [0.717, 1.165) is 40.3 Å². The molecule has 0 saturated heterocycles. The van der Waals surface area contributed by atoms with Gasteiger partial charge in [-0.05, 0) is 113 Å². The molecule has 0 aromatic heterocycles. The number of hydrogen-bond acceptors (Lipinski definition) is 9. The Bertz CT molecular complexity index is 2080. The Hall–Kier alpha value is -6.22.